The van der Waals surface area contributed by atoms with Crippen LogP contribution < -0.4 is 4.90 Å². The van der Waals surface area contributed by atoms with Gasteiger partial charge in [0.1, 0.15) is 11.2 Å². The Bertz CT molecular complexity index is 2870. The number of benzene rings is 9. The van der Waals surface area contributed by atoms with Crippen LogP contribution in [0.2, 0.25) is 0 Å². The van der Waals surface area contributed by atoms with E-state index in [0.717, 1.165) is 44.6 Å². The first-order valence-corrected chi connectivity index (χ1v) is 17.8. The molecule has 0 amide bonds. The molecule has 52 heavy (non-hydrogen) atoms. The Labute approximate surface area is 302 Å². The van der Waals surface area contributed by atoms with Gasteiger partial charge in [0.15, 0.2) is 0 Å². The van der Waals surface area contributed by atoms with E-state index in [1.807, 2.05) is 6.07 Å². The van der Waals surface area contributed by atoms with Crippen molar-refractivity contribution in [3.8, 4) is 33.4 Å². The SMILES string of the molecule is c1ccc(-c2ccc3cc(N(c4ccccc4)c4ccc(-c5ccc6c(-c7ccccc7)cc7oc8ccccc8c7c6c5)cc4)ccc3c2)cc1. The molecule has 0 aliphatic heterocycles. The largest absolute Gasteiger partial charge is 0.456 e. The zero-order chi connectivity index (χ0) is 34.4. The Kier molecular flexibility index (Phi) is 7.18. The number of nitrogens with zero attached hydrogens (tertiary/aromatic N) is 1. The lowest BCUT2D eigenvalue weighted by Crippen LogP contribution is -2.09. The minimum absolute atomic E-state index is 0.907. The Morgan fingerprint density at radius 1 is 0.308 bits per heavy atom. The molecule has 0 unspecified atom stereocenters. The van der Waals surface area contributed by atoms with E-state index in [-0.39, 0.29) is 0 Å². The molecule has 10 rings (SSSR count). The normalized spacial score (nSPS) is 11.5. The van der Waals surface area contributed by atoms with Gasteiger partial charge in [-0.05, 0) is 116 Å². The van der Waals surface area contributed by atoms with Crippen LogP contribution in [0.4, 0.5) is 17.1 Å². The molecule has 0 spiro atoms. The van der Waals surface area contributed by atoms with Gasteiger partial charge in [0.2, 0.25) is 0 Å². The van der Waals surface area contributed by atoms with E-state index in [1.54, 1.807) is 0 Å². The van der Waals surface area contributed by atoms with Gasteiger partial charge in [-0.25, -0.2) is 0 Å². The number of para-hydroxylation sites is 2. The van der Waals surface area contributed by atoms with Crippen molar-refractivity contribution in [3.05, 3.63) is 200 Å². The van der Waals surface area contributed by atoms with Gasteiger partial charge in [0.05, 0.1) is 0 Å². The molecule has 0 radical (unpaired) electrons. The van der Waals surface area contributed by atoms with Crippen molar-refractivity contribution in [1.29, 1.82) is 0 Å². The van der Waals surface area contributed by atoms with E-state index < -0.39 is 0 Å². The molecule has 10 aromatic rings. The fourth-order valence-corrected chi connectivity index (χ4v) is 7.68. The van der Waals surface area contributed by atoms with E-state index in [0.29, 0.717) is 0 Å². The second-order valence-electron chi connectivity index (χ2n) is 13.4. The molecular formula is C50H33NO. The summed E-state index contributed by atoms with van der Waals surface area (Å²) in [6.45, 7) is 0. The van der Waals surface area contributed by atoms with Gasteiger partial charge in [-0.3, -0.25) is 0 Å². The number of furan rings is 1. The van der Waals surface area contributed by atoms with Crippen molar-refractivity contribution in [1.82, 2.24) is 0 Å². The average molecular weight is 664 g/mol. The fourth-order valence-electron chi connectivity index (χ4n) is 7.68. The van der Waals surface area contributed by atoms with Crippen molar-refractivity contribution in [3.63, 3.8) is 0 Å². The Morgan fingerprint density at radius 2 is 0.865 bits per heavy atom. The molecule has 1 aromatic heterocycles. The van der Waals surface area contributed by atoms with Crippen LogP contribution in [0.15, 0.2) is 205 Å². The standard InChI is InChI=1S/C50H33NO/c1-4-12-34(13-5-1)37-20-21-39-31-43(28-24-38(39)30-37)51(41-16-8-3-9-17-41)42-26-22-35(23-27-42)40-25-29-44-46(36-14-6-2-7-15-36)33-49-50(47(44)32-40)45-18-10-11-19-48(45)52-49/h1-33H. The third-order valence-corrected chi connectivity index (χ3v) is 10.2. The smallest absolute Gasteiger partial charge is 0.136 e. The molecular weight excluding hydrogens is 631 g/mol. The highest BCUT2D eigenvalue weighted by Gasteiger charge is 2.17. The molecule has 0 fully saturated rings. The highest BCUT2D eigenvalue weighted by Crippen LogP contribution is 2.42. The first-order valence-electron chi connectivity index (χ1n) is 17.8. The minimum atomic E-state index is 0.907. The molecule has 0 aliphatic rings. The lowest BCUT2D eigenvalue weighted by Gasteiger charge is -2.26. The zero-order valence-corrected chi connectivity index (χ0v) is 28.4. The van der Waals surface area contributed by atoms with Gasteiger partial charge in [-0.1, -0.05) is 140 Å². The van der Waals surface area contributed by atoms with Gasteiger partial charge in [0, 0.05) is 27.8 Å². The first-order chi connectivity index (χ1) is 25.8. The van der Waals surface area contributed by atoms with E-state index in [1.165, 1.54) is 49.4 Å². The zero-order valence-electron chi connectivity index (χ0n) is 28.4. The lowest BCUT2D eigenvalue weighted by atomic mass is 9.92. The van der Waals surface area contributed by atoms with E-state index in [2.05, 4.69) is 199 Å². The summed E-state index contributed by atoms with van der Waals surface area (Å²) in [4.78, 5) is 2.34. The highest BCUT2D eigenvalue weighted by molar-refractivity contribution is 6.22. The maximum atomic E-state index is 6.44. The number of fused-ring (bicyclic) bond motifs is 6. The third-order valence-electron chi connectivity index (χ3n) is 10.2. The summed E-state index contributed by atoms with van der Waals surface area (Å²) < 4.78 is 6.44. The van der Waals surface area contributed by atoms with Crippen LogP contribution in [-0.4, -0.2) is 0 Å². The minimum Gasteiger partial charge on any atom is -0.456 e. The van der Waals surface area contributed by atoms with Crippen molar-refractivity contribution in [2.24, 2.45) is 0 Å². The summed E-state index contributed by atoms with van der Waals surface area (Å²) in [5.74, 6) is 0. The monoisotopic (exact) mass is 663 g/mol. The molecule has 0 saturated carbocycles. The molecule has 0 saturated heterocycles. The van der Waals surface area contributed by atoms with Crippen molar-refractivity contribution >= 4 is 60.5 Å². The topological polar surface area (TPSA) is 16.4 Å². The van der Waals surface area contributed by atoms with Crippen LogP contribution in [0.25, 0.3) is 76.9 Å². The summed E-state index contributed by atoms with van der Waals surface area (Å²) in [5, 5.41) is 7.14. The molecule has 2 heteroatoms. The predicted molar refractivity (Wildman–Crippen MR) is 220 cm³/mol. The van der Waals surface area contributed by atoms with Crippen LogP contribution in [0.3, 0.4) is 0 Å². The van der Waals surface area contributed by atoms with Gasteiger partial charge >= 0.3 is 0 Å². The lowest BCUT2D eigenvalue weighted by molar-refractivity contribution is 0.669. The molecule has 9 aromatic carbocycles. The average Bonchev–Trinajstić information content (AvgIpc) is 3.60. The highest BCUT2D eigenvalue weighted by atomic mass is 16.3. The van der Waals surface area contributed by atoms with Crippen LogP contribution >= 0.6 is 0 Å². The Hall–Kier alpha value is -6.90. The summed E-state index contributed by atoms with van der Waals surface area (Å²) in [7, 11) is 0. The molecule has 2 nitrogen and oxygen atoms in total. The van der Waals surface area contributed by atoms with E-state index in [4.69, 9.17) is 4.42 Å². The van der Waals surface area contributed by atoms with Gasteiger partial charge in [-0.15, -0.1) is 0 Å². The van der Waals surface area contributed by atoms with Crippen LogP contribution in [0.5, 0.6) is 0 Å². The second-order valence-corrected chi connectivity index (χ2v) is 13.4. The summed E-state index contributed by atoms with van der Waals surface area (Å²) in [6, 6.07) is 71.6. The van der Waals surface area contributed by atoms with Crippen LogP contribution in [-0.2, 0) is 0 Å². The molecule has 0 atom stereocenters. The molecule has 0 bridgehead atoms. The number of rotatable bonds is 6. The molecule has 0 aliphatic carbocycles. The summed E-state index contributed by atoms with van der Waals surface area (Å²) in [6.07, 6.45) is 0. The van der Waals surface area contributed by atoms with Crippen LogP contribution in [0, 0.1) is 0 Å². The fraction of sp³-hybridized carbons (Fsp3) is 0. The Morgan fingerprint density at radius 3 is 1.65 bits per heavy atom. The number of hydrogen-bond acceptors (Lipinski definition) is 2. The second kappa shape index (κ2) is 12.5. The first kappa shape index (κ1) is 30.0. The molecule has 244 valence electrons. The van der Waals surface area contributed by atoms with Crippen molar-refractivity contribution < 1.29 is 4.42 Å². The van der Waals surface area contributed by atoms with Crippen molar-refractivity contribution in [2.75, 3.05) is 4.90 Å². The van der Waals surface area contributed by atoms with Gasteiger partial charge < -0.3 is 9.32 Å². The Balaban J connectivity index is 1.07. The third kappa shape index (κ3) is 5.21. The maximum absolute atomic E-state index is 6.44. The molecule has 0 N–H and O–H groups in total. The quantitative estimate of drug-likeness (QED) is 0.176. The van der Waals surface area contributed by atoms with Crippen molar-refractivity contribution in [2.45, 2.75) is 0 Å². The van der Waals surface area contributed by atoms with Gasteiger partial charge in [0.25, 0.3) is 0 Å². The number of anilines is 3. The van der Waals surface area contributed by atoms with E-state index in [9.17, 15) is 0 Å². The van der Waals surface area contributed by atoms with E-state index >= 15 is 0 Å². The molecule has 1 heterocycles. The van der Waals surface area contributed by atoms with Gasteiger partial charge in [-0.2, -0.15) is 0 Å². The predicted octanol–water partition coefficient (Wildman–Crippen LogP) is 14.4. The summed E-state index contributed by atoms with van der Waals surface area (Å²) >= 11 is 0. The number of hydrogen-bond donors (Lipinski definition) is 0. The summed E-state index contributed by atoms with van der Waals surface area (Å²) in [5.41, 5.74) is 12.3. The maximum Gasteiger partial charge on any atom is 0.136 e. The van der Waals surface area contributed by atoms with Crippen LogP contribution in [0.1, 0.15) is 0 Å².